The second-order valence-electron chi connectivity index (χ2n) is 9.03. The quantitative estimate of drug-likeness (QED) is 0.632. The topological polar surface area (TPSA) is 44.6 Å². The summed E-state index contributed by atoms with van der Waals surface area (Å²) in [5.41, 5.74) is 2.84. The Kier molecular flexibility index (Phi) is 5.93. The molecule has 1 aromatic heterocycles. The van der Waals surface area contributed by atoms with E-state index < -0.39 is 0 Å². The number of carbonyl (C=O) groups is 1. The van der Waals surface area contributed by atoms with Crippen LogP contribution in [0, 0.1) is 11.7 Å². The third kappa shape index (κ3) is 4.27. The standard InChI is InChI=1S/C25H30FN5O/c1-28-13-15-30(16-14-28)25(32)19-5-4-12-29(17-19)18-24-27-22-6-2-3-7-23(22)31(24)21-10-8-20(26)9-11-21/h2-3,6-11,19H,4-5,12-18H2,1H3/t19-/m0/s1. The lowest BCUT2D eigenvalue weighted by Gasteiger charge is -2.38. The summed E-state index contributed by atoms with van der Waals surface area (Å²) in [4.78, 5) is 24.7. The van der Waals surface area contributed by atoms with Crippen LogP contribution in [-0.2, 0) is 11.3 Å². The number of likely N-dealkylation sites (N-methyl/N-ethyl adjacent to an activating group) is 1. The summed E-state index contributed by atoms with van der Waals surface area (Å²) in [6.45, 7) is 5.93. The SMILES string of the molecule is CN1CCN(C(=O)[C@H]2CCCN(Cc3nc4ccccc4n3-c3ccc(F)cc3)C2)CC1. The third-order valence-corrected chi connectivity index (χ3v) is 6.75. The summed E-state index contributed by atoms with van der Waals surface area (Å²) in [5, 5.41) is 0. The van der Waals surface area contributed by atoms with Gasteiger partial charge in [0.1, 0.15) is 11.6 Å². The van der Waals surface area contributed by atoms with Crippen molar-refractivity contribution in [3.05, 3.63) is 60.2 Å². The molecule has 168 valence electrons. The maximum atomic E-state index is 13.5. The van der Waals surface area contributed by atoms with Crippen molar-refractivity contribution in [1.29, 1.82) is 0 Å². The maximum absolute atomic E-state index is 13.5. The van der Waals surface area contributed by atoms with E-state index in [9.17, 15) is 9.18 Å². The number of amides is 1. The average Bonchev–Trinajstić information content (AvgIpc) is 3.17. The molecule has 0 bridgehead atoms. The fourth-order valence-electron chi connectivity index (χ4n) is 4.95. The van der Waals surface area contributed by atoms with Crippen LogP contribution in [0.5, 0.6) is 0 Å². The number of para-hydroxylation sites is 2. The van der Waals surface area contributed by atoms with Gasteiger partial charge in [-0.1, -0.05) is 12.1 Å². The molecule has 7 heteroatoms. The normalized spacial score (nSPS) is 20.7. The summed E-state index contributed by atoms with van der Waals surface area (Å²) >= 11 is 0. The number of benzene rings is 2. The Hall–Kier alpha value is -2.77. The number of piperazine rings is 1. The number of nitrogens with zero attached hydrogens (tertiary/aromatic N) is 5. The van der Waals surface area contributed by atoms with Gasteiger partial charge in [-0.05, 0) is 62.8 Å². The van der Waals surface area contributed by atoms with Gasteiger partial charge in [0.25, 0.3) is 0 Å². The molecule has 3 aromatic rings. The molecule has 0 unspecified atom stereocenters. The fourth-order valence-corrected chi connectivity index (χ4v) is 4.95. The molecular formula is C25H30FN5O. The minimum atomic E-state index is -0.249. The van der Waals surface area contributed by atoms with Crippen molar-refractivity contribution in [2.24, 2.45) is 5.92 Å². The summed E-state index contributed by atoms with van der Waals surface area (Å²) in [5.74, 6) is 1.03. The van der Waals surface area contributed by atoms with Gasteiger partial charge in [-0.3, -0.25) is 14.3 Å². The molecule has 6 nitrogen and oxygen atoms in total. The van der Waals surface area contributed by atoms with E-state index in [1.165, 1.54) is 12.1 Å². The Labute approximate surface area is 188 Å². The van der Waals surface area contributed by atoms with Crippen LogP contribution in [0.25, 0.3) is 16.7 Å². The number of halogens is 1. The number of hydrogen-bond donors (Lipinski definition) is 0. The van der Waals surface area contributed by atoms with Gasteiger partial charge < -0.3 is 9.80 Å². The monoisotopic (exact) mass is 435 g/mol. The van der Waals surface area contributed by atoms with Crippen LogP contribution >= 0.6 is 0 Å². The first-order chi connectivity index (χ1) is 15.6. The Morgan fingerprint density at radius 3 is 2.56 bits per heavy atom. The molecule has 2 fully saturated rings. The number of aromatic nitrogens is 2. The van der Waals surface area contributed by atoms with Crippen LogP contribution in [0.3, 0.4) is 0 Å². The van der Waals surface area contributed by atoms with Gasteiger partial charge in [-0.25, -0.2) is 9.37 Å². The van der Waals surface area contributed by atoms with Crippen LogP contribution in [0.2, 0.25) is 0 Å². The summed E-state index contributed by atoms with van der Waals surface area (Å²) < 4.78 is 15.6. The Morgan fingerprint density at radius 1 is 1.03 bits per heavy atom. The molecule has 0 spiro atoms. The van der Waals surface area contributed by atoms with E-state index in [2.05, 4.69) is 21.4 Å². The molecule has 0 N–H and O–H groups in total. The second kappa shape index (κ2) is 9.00. The number of likely N-dealkylation sites (tertiary alicyclic amines) is 1. The van der Waals surface area contributed by atoms with Gasteiger partial charge >= 0.3 is 0 Å². The molecule has 0 aliphatic carbocycles. The molecule has 1 atom stereocenters. The lowest BCUT2D eigenvalue weighted by atomic mass is 9.96. The van der Waals surface area contributed by atoms with Crippen molar-refractivity contribution in [2.75, 3.05) is 46.3 Å². The van der Waals surface area contributed by atoms with E-state index in [-0.39, 0.29) is 11.7 Å². The van der Waals surface area contributed by atoms with E-state index in [1.807, 2.05) is 29.2 Å². The lowest BCUT2D eigenvalue weighted by Crippen LogP contribution is -2.51. The van der Waals surface area contributed by atoms with Gasteiger partial charge in [-0.2, -0.15) is 0 Å². The number of rotatable bonds is 4. The third-order valence-electron chi connectivity index (χ3n) is 6.75. The summed E-state index contributed by atoms with van der Waals surface area (Å²) in [6.07, 6.45) is 1.97. The highest BCUT2D eigenvalue weighted by Crippen LogP contribution is 2.25. The first-order valence-corrected chi connectivity index (χ1v) is 11.5. The molecule has 3 heterocycles. The minimum Gasteiger partial charge on any atom is -0.340 e. The summed E-state index contributed by atoms with van der Waals surface area (Å²) in [6, 6.07) is 14.6. The van der Waals surface area contributed by atoms with Crippen molar-refractivity contribution in [3.8, 4) is 5.69 Å². The number of imidazole rings is 1. The van der Waals surface area contributed by atoms with Crippen molar-refractivity contribution >= 4 is 16.9 Å². The van der Waals surface area contributed by atoms with Crippen LogP contribution in [0.1, 0.15) is 18.7 Å². The molecule has 0 radical (unpaired) electrons. The smallest absolute Gasteiger partial charge is 0.227 e. The molecule has 2 aromatic carbocycles. The molecular weight excluding hydrogens is 405 g/mol. The Bertz CT molecular complexity index is 1090. The zero-order valence-electron chi connectivity index (χ0n) is 18.6. The number of hydrogen-bond acceptors (Lipinski definition) is 4. The first kappa shape index (κ1) is 21.1. The van der Waals surface area contributed by atoms with Crippen LogP contribution < -0.4 is 0 Å². The largest absolute Gasteiger partial charge is 0.340 e. The number of carbonyl (C=O) groups excluding carboxylic acids is 1. The second-order valence-corrected chi connectivity index (χ2v) is 9.03. The van der Waals surface area contributed by atoms with E-state index in [0.29, 0.717) is 12.5 Å². The molecule has 1 amide bonds. The summed E-state index contributed by atoms with van der Waals surface area (Å²) in [7, 11) is 2.11. The van der Waals surface area contributed by atoms with Crippen LogP contribution in [0.15, 0.2) is 48.5 Å². The number of piperidine rings is 1. The number of fused-ring (bicyclic) bond motifs is 1. The molecule has 2 aliphatic heterocycles. The highest BCUT2D eigenvalue weighted by Gasteiger charge is 2.31. The van der Waals surface area contributed by atoms with Crippen molar-refractivity contribution < 1.29 is 9.18 Å². The van der Waals surface area contributed by atoms with Gasteiger partial charge in [0.05, 0.1) is 23.5 Å². The maximum Gasteiger partial charge on any atom is 0.227 e. The van der Waals surface area contributed by atoms with Crippen molar-refractivity contribution in [2.45, 2.75) is 19.4 Å². The van der Waals surface area contributed by atoms with E-state index in [0.717, 1.165) is 74.7 Å². The predicted octanol–water partition coefficient (Wildman–Crippen LogP) is 3.15. The van der Waals surface area contributed by atoms with Gasteiger partial charge in [0.2, 0.25) is 5.91 Å². The van der Waals surface area contributed by atoms with Gasteiger partial charge in [-0.15, -0.1) is 0 Å². The van der Waals surface area contributed by atoms with E-state index in [4.69, 9.17) is 4.98 Å². The first-order valence-electron chi connectivity index (χ1n) is 11.5. The molecule has 2 aliphatic rings. The molecule has 32 heavy (non-hydrogen) atoms. The predicted molar refractivity (Wildman–Crippen MR) is 123 cm³/mol. The Balaban J connectivity index is 1.37. The zero-order chi connectivity index (χ0) is 22.1. The van der Waals surface area contributed by atoms with Crippen molar-refractivity contribution in [1.82, 2.24) is 24.3 Å². The van der Waals surface area contributed by atoms with Crippen LogP contribution in [-0.4, -0.2) is 76.5 Å². The van der Waals surface area contributed by atoms with E-state index in [1.54, 1.807) is 12.1 Å². The van der Waals surface area contributed by atoms with Crippen LogP contribution in [0.4, 0.5) is 4.39 Å². The highest BCUT2D eigenvalue weighted by molar-refractivity contribution is 5.79. The molecule has 2 saturated heterocycles. The minimum absolute atomic E-state index is 0.0517. The lowest BCUT2D eigenvalue weighted by molar-refractivity contribution is -0.139. The molecule has 5 rings (SSSR count). The van der Waals surface area contributed by atoms with Gasteiger partial charge in [0.15, 0.2) is 0 Å². The highest BCUT2D eigenvalue weighted by atomic mass is 19.1. The Morgan fingerprint density at radius 2 is 1.78 bits per heavy atom. The average molecular weight is 436 g/mol. The van der Waals surface area contributed by atoms with Crippen molar-refractivity contribution in [3.63, 3.8) is 0 Å². The fraction of sp³-hybridized carbons (Fsp3) is 0.440. The van der Waals surface area contributed by atoms with Gasteiger partial charge in [0, 0.05) is 38.4 Å². The van der Waals surface area contributed by atoms with E-state index >= 15 is 0 Å². The zero-order valence-corrected chi connectivity index (χ0v) is 18.6. The molecule has 0 saturated carbocycles.